The molecule has 4 heteroatoms. The van der Waals surface area contributed by atoms with Gasteiger partial charge < -0.3 is 14.9 Å². The van der Waals surface area contributed by atoms with Crippen LogP contribution < -0.4 is 10.5 Å². The fraction of sp³-hybridized carbons (Fsp3) is 0.0667. The molecule has 0 saturated carbocycles. The van der Waals surface area contributed by atoms with Crippen molar-refractivity contribution in [1.82, 2.24) is 0 Å². The highest BCUT2D eigenvalue weighted by molar-refractivity contribution is 6.32. The van der Waals surface area contributed by atoms with Gasteiger partial charge >= 0.3 is 0 Å². The molecular formula is C15H12ClNO2. The molecule has 0 fully saturated rings. The van der Waals surface area contributed by atoms with Crippen LogP contribution in [0.15, 0.2) is 53.1 Å². The molecule has 2 aromatic carbocycles. The minimum absolute atomic E-state index is 0.366. The van der Waals surface area contributed by atoms with E-state index in [0.717, 1.165) is 16.5 Å². The summed E-state index contributed by atoms with van der Waals surface area (Å²) in [5.41, 5.74) is 8.31. The van der Waals surface area contributed by atoms with E-state index in [2.05, 4.69) is 0 Å². The number of furan rings is 1. The number of nitrogen functional groups attached to an aromatic ring is 1. The number of hydrogen-bond donors (Lipinski definition) is 1. The molecule has 96 valence electrons. The molecule has 3 nitrogen and oxygen atoms in total. The molecule has 0 amide bonds. The number of hydrogen-bond acceptors (Lipinski definition) is 3. The van der Waals surface area contributed by atoms with Crippen LogP contribution >= 0.6 is 11.6 Å². The molecule has 0 spiro atoms. The molecule has 0 aliphatic heterocycles. The van der Waals surface area contributed by atoms with E-state index in [1.807, 2.05) is 36.4 Å². The second-order valence-corrected chi connectivity index (χ2v) is 4.61. The fourth-order valence-electron chi connectivity index (χ4n) is 2.01. The zero-order valence-corrected chi connectivity index (χ0v) is 10.9. The molecule has 0 bridgehead atoms. The highest BCUT2D eigenvalue weighted by atomic mass is 35.5. The summed E-state index contributed by atoms with van der Waals surface area (Å²) in [6, 6.07) is 12.9. The van der Waals surface area contributed by atoms with E-state index in [9.17, 15) is 0 Å². The summed E-state index contributed by atoms with van der Waals surface area (Å²) >= 11 is 6.04. The summed E-state index contributed by atoms with van der Waals surface area (Å²) in [7, 11) is 0. The first-order chi connectivity index (χ1) is 9.25. The van der Waals surface area contributed by atoms with Gasteiger partial charge in [0.15, 0.2) is 0 Å². The van der Waals surface area contributed by atoms with E-state index in [4.69, 9.17) is 26.5 Å². The zero-order chi connectivity index (χ0) is 13.2. The zero-order valence-electron chi connectivity index (χ0n) is 10.1. The lowest BCUT2D eigenvalue weighted by molar-refractivity contribution is 0.306. The predicted molar refractivity (Wildman–Crippen MR) is 76.4 cm³/mol. The minimum Gasteiger partial charge on any atom is -0.487 e. The number of para-hydroxylation sites is 1. The minimum atomic E-state index is 0.366. The van der Waals surface area contributed by atoms with Crippen molar-refractivity contribution in [2.24, 2.45) is 0 Å². The van der Waals surface area contributed by atoms with Crippen LogP contribution in [0.2, 0.25) is 5.02 Å². The number of rotatable bonds is 3. The van der Waals surface area contributed by atoms with Crippen molar-refractivity contribution in [2.45, 2.75) is 6.61 Å². The van der Waals surface area contributed by atoms with Gasteiger partial charge in [0, 0.05) is 16.6 Å². The fourth-order valence-corrected chi connectivity index (χ4v) is 2.20. The Kier molecular flexibility index (Phi) is 3.05. The molecule has 0 atom stereocenters. The Morgan fingerprint density at radius 3 is 2.79 bits per heavy atom. The summed E-state index contributed by atoms with van der Waals surface area (Å²) in [5, 5.41) is 1.48. The van der Waals surface area contributed by atoms with Gasteiger partial charge in [-0.05, 0) is 24.3 Å². The largest absolute Gasteiger partial charge is 0.487 e. The molecule has 0 aliphatic carbocycles. The van der Waals surface area contributed by atoms with Gasteiger partial charge in [0.25, 0.3) is 0 Å². The van der Waals surface area contributed by atoms with E-state index in [1.54, 1.807) is 12.3 Å². The second-order valence-electron chi connectivity index (χ2n) is 4.20. The Labute approximate surface area is 115 Å². The van der Waals surface area contributed by atoms with Crippen LogP contribution in [-0.4, -0.2) is 0 Å². The molecule has 2 N–H and O–H groups in total. The molecule has 19 heavy (non-hydrogen) atoms. The van der Waals surface area contributed by atoms with E-state index in [-0.39, 0.29) is 0 Å². The van der Waals surface area contributed by atoms with Gasteiger partial charge in [0.2, 0.25) is 0 Å². The molecule has 0 saturated heterocycles. The first-order valence-corrected chi connectivity index (χ1v) is 6.25. The summed E-state index contributed by atoms with van der Waals surface area (Å²) in [6.07, 6.45) is 1.66. The standard InChI is InChI=1S/C15H12ClNO2/c16-11-4-1-2-6-13(11)18-8-10-9-19-14-7-3-5-12(17)15(10)14/h1-7,9H,8,17H2. The Bertz CT molecular complexity index is 721. The maximum atomic E-state index is 6.04. The third kappa shape index (κ3) is 2.25. The molecule has 0 unspecified atom stereocenters. The summed E-state index contributed by atoms with van der Waals surface area (Å²) in [6.45, 7) is 0.366. The Morgan fingerprint density at radius 1 is 1.11 bits per heavy atom. The average Bonchev–Trinajstić information content (AvgIpc) is 2.83. The first kappa shape index (κ1) is 11.9. The maximum absolute atomic E-state index is 6.04. The van der Waals surface area contributed by atoms with E-state index in [0.29, 0.717) is 23.1 Å². The summed E-state index contributed by atoms with van der Waals surface area (Å²) < 4.78 is 11.2. The Morgan fingerprint density at radius 2 is 1.95 bits per heavy atom. The van der Waals surface area contributed by atoms with Crippen molar-refractivity contribution in [2.75, 3.05) is 5.73 Å². The van der Waals surface area contributed by atoms with Crippen molar-refractivity contribution in [3.05, 3.63) is 59.3 Å². The lowest BCUT2D eigenvalue weighted by Gasteiger charge is -2.07. The van der Waals surface area contributed by atoms with Crippen LogP contribution in [-0.2, 0) is 6.61 Å². The van der Waals surface area contributed by atoms with Crippen molar-refractivity contribution in [1.29, 1.82) is 0 Å². The second kappa shape index (κ2) is 4.86. The number of ether oxygens (including phenoxy) is 1. The van der Waals surface area contributed by atoms with Crippen LogP contribution in [0.5, 0.6) is 5.75 Å². The molecule has 0 aliphatic rings. The average molecular weight is 274 g/mol. The highest BCUT2D eigenvalue weighted by Crippen LogP contribution is 2.29. The van der Waals surface area contributed by atoms with Crippen molar-refractivity contribution < 1.29 is 9.15 Å². The topological polar surface area (TPSA) is 48.4 Å². The lowest BCUT2D eigenvalue weighted by Crippen LogP contribution is -1.96. The van der Waals surface area contributed by atoms with E-state index in [1.165, 1.54) is 0 Å². The van der Waals surface area contributed by atoms with Gasteiger partial charge in [0.05, 0.1) is 11.3 Å². The van der Waals surface area contributed by atoms with Gasteiger partial charge in [-0.2, -0.15) is 0 Å². The van der Waals surface area contributed by atoms with Crippen molar-refractivity contribution >= 4 is 28.3 Å². The van der Waals surface area contributed by atoms with Gasteiger partial charge in [-0.3, -0.25) is 0 Å². The van der Waals surface area contributed by atoms with Crippen LogP contribution in [0.3, 0.4) is 0 Å². The maximum Gasteiger partial charge on any atom is 0.138 e. The highest BCUT2D eigenvalue weighted by Gasteiger charge is 2.10. The molecular weight excluding hydrogens is 262 g/mol. The van der Waals surface area contributed by atoms with Crippen LogP contribution in [0.4, 0.5) is 5.69 Å². The lowest BCUT2D eigenvalue weighted by atomic mass is 10.1. The third-order valence-corrected chi connectivity index (χ3v) is 3.24. The number of anilines is 1. The van der Waals surface area contributed by atoms with Gasteiger partial charge in [-0.1, -0.05) is 29.8 Å². The smallest absolute Gasteiger partial charge is 0.138 e. The number of nitrogens with two attached hydrogens (primary N) is 1. The monoisotopic (exact) mass is 273 g/mol. The molecule has 3 rings (SSSR count). The Hall–Kier alpha value is -2.13. The van der Waals surface area contributed by atoms with Crippen LogP contribution in [0.25, 0.3) is 11.0 Å². The van der Waals surface area contributed by atoms with Gasteiger partial charge in [0.1, 0.15) is 17.9 Å². The Balaban J connectivity index is 1.89. The molecule has 3 aromatic rings. The quantitative estimate of drug-likeness (QED) is 0.726. The van der Waals surface area contributed by atoms with Crippen molar-refractivity contribution in [3.63, 3.8) is 0 Å². The van der Waals surface area contributed by atoms with Crippen LogP contribution in [0, 0.1) is 0 Å². The number of fused-ring (bicyclic) bond motifs is 1. The van der Waals surface area contributed by atoms with Crippen molar-refractivity contribution in [3.8, 4) is 5.75 Å². The SMILES string of the molecule is Nc1cccc2occ(COc3ccccc3Cl)c12. The summed E-state index contributed by atoms with van der Waals surface area (Å²) in [4.78, 5) is 0. The molecule has 0 radical (unpaired) electrons. The predicted octanol–water partition coefficient (Wildman–Crippen LogP) is 4.25. The number of halogens is 1. The number of benzene rings is 2. The van der Waals surface area contributed by atoms with Crippen LogP contribution in [0.1, 0.15) is 5.56 Å². The van der Waals surface area contributed by atoms with E-state index < -0.39 is 0 Å². The van der Waals surface area contributed by atoms with Gasteiger partial charge in [-0.25, -0.2) is 0 Å². The first-order valence-electron chi connectivity index (χ1n) is 5.87. The molecule has 1 aromatic heterocycles. The molecule has 1 heterocycles. The normalized spacial score (nSPS) is 10.8. The summed E-state index contributed by atoms with van der Waals surface area (Å²) in [5.74, 6) is 0.646. The van der Waals surface area contributed by atoms with Gasteiger partial charge in [-0.15, -0.1) is 0 Å². The van der Waals surface area contributed by atoms with E-state index >= 15 is 0 Å². The third-order valence-electron chi connectivity index (χ3n) is 2.93.